The van der Waals surface area contributed by atoms with Gasteiger partial charge in [0.2, 0.25) is 0 Å². The van der Waals surface area contributed by atoms with Gasteiger partial charge in [-0.1, -0.05) is 24.3 Å². The maximum atomic E-state index is 12.6. The van der Waals surface area contributed by atoms with E-state index in [9.17, 15) is 9.59 Å². The Morgan fingerprint density at radius 2 is 1.59 bits per heavy atom. The Hall–Kier alpha value is -2.89. The van der Waals surface area contributed by atoms with Gasteiger partial charge in [-0.05, 0) is 49.6 Å². The number of aryl methyl sites for hydroxylation is 2. The van der Waals surface area contributed by atoms with E-state index in [-0.39, 0.29) is 18.0 Å². The summed E-state index contributed by atoms with van der Waals surface area (Å²) in [6.45, 7) is 8.20. The number of hydrogen-bond acceptors (Lipinski definition) is 3. The predicted octanol–water partition coefficient (Wildman–Crippen LogP) is 2.93. The molecule has 0 bridgehead atoms. The summed E-state index contributed by atoms with van der Waals surface area (Å²) in [5, 5.41) is 3.09. The summed E-state index contributed by atoms with van der Waals surface area (Å²) in [5.41, 5.74) is 3.95. The van der Waals surface area contributed by atoms with Crippen LogP contribution in [0.25, 0.3) is 0 Å². The van der Waals surface area contributed by atoms with Crippen molar-refractivity contribution in [2.45, 2.75) is 26.8 Å². The second kappa shape index (κ2) is 8.20. The number of piperazine rings is 1. The van der Waals surface area contributed by atoms with Gasteiger partial charge < -0.3 is 15.1 Å². The van der Waals surface area contributed by atoms with Crippen LogP contribution in [0.3, 0.4) is 0 Å². The molecule has 1 aliphatic heterocycles. The minimum absolute atomic E-state index is 0.0631. The molecule has 1 atom stereocenters. The first-order chi connectivity index (χ1) is 13.0. The first-order valence-corrected chi connectivity index (χ1v) is 9.29. The number of nitrogens with one attached hydrogen (secondary N) is 1. The maximum Gasteiger partial charge on any atom is 0.317 e. The first kappa shape index (κ1) is 18.9. The molecule has 6 heteroatoms. The van der Waals surface area contributed by atoms with Crippen molar-refractivity contribution in [3.05, 3.63) is 65.0 Å². The normalized spacial score (nSPS) is 15.4. The fourth-order valence-electron chi connectivity index (χ4n) is 3.62. The Balaban J connectivity index is 1.56. The molecule has 1 aliphatic rings. The van der Waals surface area contributed by atoms with E-state index in [4.69, 9.17) is 0 Å². The summed E-state index contributed by atoms with van der Waals surface area (Å²) < 4.78 is 0. The number of urea groups is 1. The number of pyridine rings is 1. The second-order valence-electron chi connectivity index (χ2n) is 6.97. The van der Waals surface area contributed by atoms with E-state index in [0.29, 0.717) is 31.9 Å². The summed E-state index contributed by atoms with van der Waals surface area (Å²) in [4.78, 5) is 32.7. The zero-order valence-electron chi connectivity index (χ0n) is 16.1. The molecule has 1 N–H and O–H groups in total. The Morgan fingerprint density at radius 3 is 2.19 bits per heavy atom. The molecule has 1 saturated heterocycles. The highest BCUT2D eigenvalue weighted by Gasteiger charge is 2.26. The highest BCUT2D eigenvalue weighted by Crippen LogP contribution is 2.21. The molecule has 1 aromatic heterocycles. The molecule has 1 aromatic carbocycles. The van der Waals surface area contributed by atoms with Gasteiger partial charge in [0.15, 0.2) is 0 Å². The number of aromatic nitrogens is 1. The van der Waals surface area contributed by atoms with Crippen LogP contribution in [0.15, 0.2) is 42.6 Å². The number of carbonyl (C=O) groups excluding carboxylic acids is 2. The van der Waals surface area contributed by atoms with Gasteiger partial charge in [-0.25, -0.2) is 4.79 Å². The maximum absolute atomic E-state index is 12.6. The van der Waals surface area contributed by atoms with Crippen molar-refractivity contribution in [3.8, 4) is 0 Å². The molecule has 2 heterocycles. The summed E-state index contributed by atoms with van der Waals surface area (Å²) in [6.07, 6.45) is 1.62. The van der Waals surface area contributed by atoms with Crippen molar-refractivity contribution in [2.75, 3.05) is 26.2 Å². The molecule has 142 valence electrons. The first-order valence-electron chi connectivity index (χ1n) is 9.29. The molecule has 27 heavy (non-hydrogen) atoms. The molecule has 1 fully saturated rings. The predicted molar refractivity (Wildman–Crippen MR) is 105 cm³/mol. The molecular formula is C21H26N4O2. The molecule has 2 aromatic rings. The topological polar surface area (TPSA) is 65.5 Å². The number of amides is 3. The van der Waals surface area contributed by atoms with Gasteiger partial charge in [-0.15, -0.1) is 0 Å². The fraction of sp³-hybridized carbons (Fsp3) is 0.381. The largest absolute Gasteiger partial charge is 0.334 e. The number of rotatable bonds is 3. The van der Waals surface area contributed by atoms with E-state index in [2.05, 4.69) is 36.3 Å². The van der Waals surface area contributed by atoms with Crippen LogP contribution in [0.2, 0.25) is 0 Å². The van der Waals surface area contributed by atoms with Gasteiger partial charge in [-0.3, -0.25) is 9.78 Å². The van der Waals surface area contributed by atoms with Crippen LogP contribution in [-0.2, 0) is 0 Å². The van der Waals surface area contributed by atoms with Crippen molar-refractivity contribution in [3.63, 3.8) is 0 Å². The quantitative estimate of drug-likeness (QED) is 0.908. The number of hydrogen-bond donors (Lipinski definition) is 1. The lowest BCUT2D eigenvalue weighted by Crippen LogP contribution is -2.53. The standard InChI is InChI=1S/C21H26N4O2/c1-15-7-6-8-16(2)19(15)17(3)23-21(27)25-13-11-24(12-14-25)20(26)18-9-4-5-10-22-18/h4-10,17H,11-14H2,1-3H3,(H,23,27). The van der Waals surface area contributed by atoms with Gasteiger partial charge >= 0.3 is 6.03 Å². The van der Waals surface area contributed by atoms with Crippen LogP contribution in [-0.4, -0.2) is 52.9 Å². The van der Waals surface area contributed by atoms with Gasteiger partial charge in [0.25, 0.3) is 5.91 Å². The number of benzene rings is 1. The lowest BCUT2D eigenvalue weighted by molar-refractivity contribution is 0.0658. The lowest BCUT2D eigenvalue weighted by Gasteiger charge is -2.35. The Labute approximate surface area is 160 Å². The molecular weight excluding hydrogens is 340 g/mol. The van der Waals surface area contributed by atoms with Crippen molar-refractivity contribution in [2.24, 2.45) is 0 Å². The molecule has 3 rings (SSSR count). The zero-order valence-corrected chi connectivity index (χ0v) is 16.1. The van der Waals surface area contributed by atoms with Gasteiger partial charge in [-0.2, -0.15) is 0 Å². The lowest BCUT2D eigenvalue weighted by atomic mass is 9.97. The van der Waals surface area contributed by atoms with Gasteiger partial charge in [0.1, 0.15) is 5.69 Å². The molecule has 0 spiro atoms. The van der Waals surface area contributed by atoms with Crippen LogP contribution in [0.4, 0.5) is 4.79 Å². The smallest absolute Gasteiger partial charge is 0.317 e. The Bertz CT molecular complexity index is 794. The van der Waals surface area contributed by atoms with Crippen LogP contribution in [0.5, 0.6) is 0 Å². The van der Waals surface area contributed by atoms with Crippen LogP contribution in [0.1, 0.15) is 40.1 Å². The van der Waals surface area contributed by atoms with Crippen molar-refractivity contribution in [1.82, 2.24) is 20.1 Å². The van der Waals surface area contributed by atoms with E-state index in [0.717, 1.165) is 5.56 Å². The third-order valence-corrected chi connectivity index (χ3v) is 5.05. The van der Waals surface area contributed by atoms with Crippen LogP contribution >= 0.6 is 0 Å². The molecule has 1 unspecified atom stereocenters. The Morgan fingerprint density at radius 1 is 0.963 bits per heavy atom. The van der Waals surface area contributed by atoms with Gasteiger partial charge in [0, 0.05) is 32.4 Å². The minimum atomic E-state index is -0.0879. The Kier molecular flexibility index (Phi) is 5.74. The highest BCUT2D eigenvalue weighted by molar-refractivity contribution is 5.92. The van der Waals surface area contributed by atoms with Crippen molar-refractivity contribution < 1.29 is 9.59 Å². The van der Waals surface area contributed by atoms with Crippen LogP contribution < -0.4 is 5.32 Å². The average molecular weight is 366 g/mol. The number of carbonyl (C=O) groups is 2. The molecule has 0 aliphatic carbocycles. The van der Waals surface area contributed by atoms with Gasteiger partial charge in [0.05, 0.1) is 6.04 Å². The van der Waals surface area contributed by atoms with E-state index in [1.165, 1.54) is 11.1 Å². The molecule has 0 saturated carbocycles. The van der Waals surface area contributed by atoms with E-state index < -0.39 is 0 Å². The fourth-order valence-corrected chi connectivity index (χ4v) is 3.62. The third-order valence-electron chi connectivity index (χ3n) is 5.05. The van der Waals surface area contributed by atoms with E-state index in [1.54, 1.807) is 34.2 Å². The molecule has 0 radical (unpaired) electrons. The number of nitrogens with zero attached hydrogens (tertiary/aromatic N) is 3. The summed E-state index contributed by atoms with van der Waals surface area (Å²) >= 11 is 0. The van der Waals surface area contributed by atoms with E-state index >= 15 is 0 Å². The monoisotopic (exact) mass is 366 g/mol. The zero-order chi connectivity index (χ0) is 19.4. The second-order valence-corrected chi connectivity index (χ2v) is 6.97. The minimum Gasteiger partial charge on any atom is -0.334 e. The highest BCUT2D eigenvalue weighted by atomic mass is 16.2. The SMILES string of the molecule is Cc1cccc(C)c1C(C)NC(=O)N1CCN(C(=O)c2ccccn2)CC1. The van der Waals surface area contributed by atoms with Crippen molar-refractivity contribution in [1.29, 1.82) is 0 Å². The average Bonchev–Trinajstić information content (AvgIpc) is 2.68. The summed E-state index contributed by atoms with van der Waals surface area (Å²) in [6, 6.07) is 11.3. The summed E-state index contributed by atoms with van der Waals surface area (Å²) in [5.74, 6) is -0.0837. The summed E-state index contributed by atoms with van der Waals surface area (Å²) in [7, 11) is 0. The third kappa shape index (κ3) is 4.27. The van der Waals surface area contributed by atoms with Crippen molar-refractivity contribution >= 4 is 11.9 Å². The van der Waals surface area contributed by atoms with Crippen LogP contribution in [0, 0.1) is 13.8 Å². The molecule has 3 amide bonds. The van der Waals surface area contributed by atoms with E-state index in [1.807, 2.05) is 13.0 Å². The molecule has 6 nitrogen and oxygen atoms in total.